The van der Waals surface area contributed by atoms with Gasteiger partial charge in [0, 0.05) is 30.8 Å². The number of carbonyl (C=O) groups is 3. The number of hydrogen-bond acceptors (Lipinski definition) is 7. The number of rotatable bonds is 9. The van der Waals surface area contributed by atoms with E-state index in [1.807, 2.05) is 22.6 Å². The molecule has 10 nitrogen and oxygen atoms in total. The van der Waals surface area contributed by atoms with Crippen molar-refractivity contribution in [2.45, 2.75) is 12.2 Å². The number of halogens is 3. The second-order valence-electron chi connectivity index (χ2n) is 6.00. The van der Waals surface area contributed by atoms with Gasteiger partial charge in [0.1, 0.15) is 0 Å². The summed E-state index contributed by atoms with van der Waals surface area (Å²) < 4.78 is 0.758. The maximum absolute atomic E-state index is 13.0. The fourth-order valence-corrected chi connectivity index (χ4v) is 6.93. The van der Waals surface area contributed by atoms with Gasteiger partial charge in [-0.2, -0.15) is 0 Å². The molecule has 1 rings (SSSR count). The SMILES string of the molecule is CN(C[C@H](O)CO)C(=O)c1c(I)c(C(N)=O)c(I)c(C(=O)NC[C@@H](O)CO)c1I. The van der Waals surface area contributed by atoms with E-state index >= 15 is 0 Å². The van der Waals surface area contributed by atoms with Crippen LogP contribution in [0.5, 0.6) is 0 Å². The Labute approximate surface area is 207 Å². The van der Waals surface area contributed by atoms with Gasteiger partial charge < -0.3 is 36.4 Å². The van der Waals surface area contributed by atoms with Crippen molar-refractivity contribution in [1.82, 2.24) is 10.2 Å². The fraction of sp³-hybridized carbons (Fsp3) is 0.438. The molecule has 0 aliphatic carbocycles. The molecule has 0 saturated carbocycles. The summed E-state index contributed by atoms with van der Waals surface area (Å²) in [5.74, 6) is -2.06. The summed E-state index contributed by atoms with van der Waals surface area (Å²) in [6.07, 6.45) is -2.32. The van der Waals surface area contributed by atoms with Crippen molar-refractivity contribution in [3.8, 4) is 0 Å². The van der Waals surface area contributed by atoms with E-state index in [0.29, 0.717) is 0 Å². The second-order valence-corrected chi connectivity index (χ2v) is 9.24. The Morgan fingerprint density at radius 3 is 1.93 bits per heavy atom. The van der Waals surface area contributed by atoms with Crippen LogP contribution in [0.25, 0.3) is 0 Å². The summed E-state index contributed by atoms with van der Waals surface area (Å²) in [7, 11) is 1.41. The van der Waals surface area contributed by atoms with Crippen molar-refractivity contribution in [1.29, 1.82) is 0 Å². The Kier molecular flexibility index (Phi) is 10.9. The highest BCUT2D eigenvalue weighted by Gasteiger charge is 2.31. The standard InChI is InChI=1S/C16H20I3N3O7/c1-22(3-7(26)5-24)16(29)10-12(18)8(14(20)27)11(17)9(13(10)19)15(28)21-2-6(25)4-23/h6-7,23-26H,2-5H2,1H3,(H2,20,27)(H,21,28)/t6-,7+/m1/s1. The molecule has 0 fully saturated rings. The molecule has 0 heterocycles. The Morgan fingerprint density at radius 2 is 1.45 bits per heavy atom. The van der Waals surface area contributed by atoms with Gasteiger partial charge >= 0.3 is 0 Å². The highest BCUT2D eigenvalue weighted by atomic mass is 127. The Hall–Kier alpha value is -0.340. The second kappa shape index (κ2) is 11.9. The van der Waals surface area contributed by atoms with Crippen LogP contribution in [0.3, 0.4) is 0 Å². The number of amides is 3. The summed E-state index contributed by atoms with van der Waals surface area (Å²) in [5.41, 5.74) is 5.56. The average molecular weight is 747 g/mol. The summed E-state index contributed by atoms with van der Waals surface area (Å²) >= 11 is 5.41. The van der Waals surface area contributed by atoms with Crippen LogP contribution >= 0.6 is 67.8 Å². The molecule has 0 bridgehead atoms. The molecule has 1 aromatic carbocycles. The molecule has 2 atom stereocenters. The molecule has 1 aromatic rings. The minimum atomic E-state index is -1.17. The maximum atomic E-state index is 13.0. The summed E-state index contributed by atoms with van der Waals surface area (Å²) in [6.45, 7) is -1.48. The number of primary amides is 1. The number of hydrogen-bond donors (Lipinski definition) is 6. The number of aliphatic hydroxyl groups is 4. The molecule has 7 N–H and O–H groups in total. The predicted molar refractivity (Wildman–Crippen MR) is 129 cm³/mol. The van der Waals surface area contributed by atoms with Crippen molar-refractivity contribution in [3.63, 3.8) is 0 Å². The third kappa shape index (κ3) is 6.57. The van der Waals surface area contributed by atoms with E-state index in [4.69, 9.17) is 15.9 Å². The fourth-order valence-electron chi connectivity index (χ4n) is 2.28. The summed E-state index contributed by atoms with van der Waals surface area (Å²) in [4.78, 5) is 38.9. The molecule has 0 aliphatic heterocycles. The van der Waals surface area contributed by atoms with Crippen molar-refractivity contribution in [2.75, 3.05) is 33.4 Å². The lowest BCUT2D eigenvalue weighted by atomic mass is 10.0. The van der Waals surface area contributed by atoms with Crippen molar-refractivity contribution >= 4 is 85.5 Å². The third-order valence-electron chi connectivity index (χ3n) is 3.76. The van der Waals surface area contributed by atoms with E-state index in [2.05, 4.69) is 5.32 Å². The van der Waals surface area contributed by atoms with E-state index in [-0.39, 0.29) is 40.5 Å². The van der Waals surface area contributed by atoms with Crippen LogP contribution in [-0.4, -0.2) is 88.6 Å². The molecule has 0 spiro atoms. The van der Waals surface area contributed by atoms with E-state index in [1.165, 1.54) is 7.05 Å². The van der Waals surface area contributed by atoms with Crippen molar-refractivity contribution < 1.29 is 34.8 Å². The molecule has 0 aliphatic rings. The number of nitrogens with one attached hydrogen (secondary N) is 1. The van der Waals surface area contributed by atoms with Gasteiger partial charge in [-0.25, -0.2) is 0 Å². The zero-order chi connectivity index (χ0) is 22.5. The minimum absolute atomic E-state index is 0.000991. The maximum Gasteiger partial charge on any atom is 0.255 e. The monoisotopic (exact) mass is 747 g/mol. The number of likely N-dealkylation sites (N-methyl/N-ethyl adjacent to an activating group) is 1. The molecule has 13 heteroatoms. The number of nitrogens with two attached hydrogens (primary N) is 1. The lowest BCUT2D eigenvalue weighted by Crippen LogP contribution is -2.38. The first-order valence-corrected chi connectivity index (χ1v) is 11.3. The van der Waals surface area contributed by atoms with Gasteiger partial charge in [-0.3, -0.25) is 14.4 Å². The van der Waals surface area contributed by atoms with Crippen LogP contribution in [0.2, 0.25) is 0 Å². The summed E-state index contributed by atoms with van der Waals surface area (Å²) in [5, 5.41) is 39.4. The van der Waals surface area contributed by atoms with Gasteiger partial charge in [0.15, 0.2) is 0 Å². The molecule has 0 aromatic heterocycles. The van der Waals surface area contributed by atoms with Crippen LogP contribution in [0.1, 0.15) is 31.1 Å². The van der Waals surface area contributed by atoms with Gasteiger partial charge in [-0.1, -0.05) is 0 Å². The topological polar surface area (TPSA) is 173 Å². The largest absolute Gasteiger partial charge is 0.394 e. The average Bonchev–Trinajstić information content (AvgIpc) is 2.65. The smallest absolute Gasteiger partial charge is 0.255 e. The number of aliphatic hydroxyl groups excluding tert-OH is 4. The minimum Gasteiger partial charge on any atom is -0.394 e. The third-order valence-corrected chi connectivity index (χ3v) is 6.99. The van der Waals surface area contributed by atoms with Gasteiger partial charge in [0.2, 0.25) is 0 Å². The number of nitrogens with zero attached hydrogens (tertiary/aromatic N) is 1. The summed E-state index contributed by atoms with van der Waals surface area (Å²) in [6, 6.07) is 0. The Morgan fingerprint density at radius 1 is 0.966 bits per heavy atom. The number of benzene rings is 1. The Balaban J connectivity index is 3.54. The molecule has 0 unspecified atom stereocenters. The zero-order valence-corrected chi connectivity index (χ0v) is 21.6. The first kappa shape index (κ1) is 26.7. The highest BCUT2D eigenvalue weighted by Crippen LogP contribution is 2.32. The molecular formula is C16H20I3N3O7. The molecule has 0 radical (unpaired) electrons. The zero-order valence-electron chi connectivity index (χ0n) is 15.2. The van der Waals surface area contributed by atoms with E-state index < -0.39 is 43.1 Å². The van der Waals surface area contributed by atoms with Crippen LogP contribution < -0.4 is 11.1 Å². The van der Waals surface area contributed by atoms with E-state index in [9.17, 15) is 24.6 Å². The first-order chi connectivity index (χ1) is 13.5. The van der Waals surface area contributed by atoms with Crippen molar-refractivity contribution in [3.05, 3.63) is 27.4 Å². The van der Waals surface area contributed by atoms with Crippen molar-refractivity contribution in [2.24, 2.45) is 5.73 Å². The molecule has 0 saturated heterocycles. The predicted octanol–water partition coefficient (Wildman–Crippen LogP) is -0.892. The van der Waals surface area contributed by atoms with Crippen LogP contribution in [0, 0.1) is 10.7 Å². The quantitative estimate of drug-likeness (QED) is 0.178. The van der Waals surface area contributed by atoms with E-state index in [1.54, 1.807) is 45.2 Å². The molecule has 162 valence electrons. The highest BCUT2D eigenvalue weighted by molar-refractivity contribution is 14.1. The molecule has 3 amide bonds. The number of carbonyl (C=O) groups excluding carboxylic acids is 3. The lowest BCUT2D eigenvalue weighted by molar-refractivity contribution is 0.0518. The molecule has 29 heavy (non-hydrogen) atoms. The molecular weight excluding hydrogens is 727 g/mol. The first-order valence-electron chi connectivity index (χ1n) is 8.09. The van der Waals surface area contributed by atoms with Gasteiger partial charge in [0.25, 0.3) is 17.7 Å². The van der Waals surface area contributed by atoms with Gasteiger partial charge in [-0.15, -0.1) is 0 Å². The van der Waals surface area contributed by atoms with Gasteiger partial charge in [0.05, 0.1) is 42.1 Å². The normalized spacial score (nSPS) is 13.0. The van der Waals surface area contributed by atoms with E-state index in [0.717, 1.165) is 4.90 Å². The Bertz CT molecular complexity index is 807. The van der Waals surface area contributed by atoms with Crippen LogP contribution in [0.15, 0.2) is 0 Å². The van der Waals surface area contributed by atoms with Crippen LogP contribution in [0.4, 0.5) is 0 Å². The van der Waals surface area contributed by atoms with Crippen LogP contribution in [-0.2, 0) is 0 Å². The van der Waals surface area contributed by atoms with Gasteiger partial charge in [-0.05, 0) is 67.8 Å². The lowest BCUT2D eigenvalue weighted by Gasteiger charge is -2.23.